The van der Waals surface area contributed by atoms with Gasteiger partial charge < -0.3 is 14.4 Å². The van der Waals surface area contributed by atoms with Gasteiger partial charge in [0.1, 0.15) is 0 Å². The van der Waals surface area contributed by atoms with Crippen molar-refractivity contribution in [3.05, 3.63) is 36.2 Å². The summed E-state index contributed by atoms with van der Waals surface area (Å²) in [6.07, 6.45) is 5.49. The monoisotopic (exact) mass is 234 g/mol. The van der Waals surface area contributed by atoms with Crippen LogP contribution < -0.4 is 5.32 Å². The summed E-state index contributed by atoms with van der Waals surface area (Å²) in [5.74, 6) is 1.50. The van der Waals surface area contributed by atoms with Crippen LogP contribution in [-0.2, 0) is 13.1 Å². The number of aromatic nitrogens is 3. The van der Waals surface area contributed by atoms with Crippen LogP contribution in [0.5, 0.6) is 0 Å². The molecule has 0 bridgehead atoms. The maximum atomic E-state index is 5.05. The van der Waals surface area contributed by atoms with Crippen molar-refractivity contribution in [1.29, 1.82) is 0 Å². The number of imidazole rings is 1. The molecule has 5 nitrogen and oxygen atoms in total. The molecule has 0 fully saturated rings. The van der Waals surface area contributed by atoms with E-state index >= 15 is 0 Å². The lowest BCUT2D eigenvalue weighted by molar-refractivity contribution is 0.376. The van der Waals surface area contributed by atoms with Crippen molar-refractivity contribution < 1.29 is 4.52 Å². The van der Waals surface area contributed by atoms with Crippen LogP contribution in [0.25, 0.3) is 0 Å². The van der Waals surface area contributed by atoms with Crippen LogP contribution in [-0.4, -0.2) is 21.3 Å². The Labute approximate surface area is 101 Å². The highest BCUT2D eigenvalue weighted by molar-refractivity contribution is 5.00. The Bertz CT molecular complexity index is 433. The zero-order valence-electron chi connectivity index (χ0n) is 10.3. The van der Waals surface area contributed by atoms with E-state index in [1.165, 1.54) is 0 Å². The van der Waals surface area contributed by atoms with Gasteiger partial charge in [-0.25, -0.2) is 4.98 Å². The topological polar surface area (TPSA) is 55.9 Å². The highest BCUT2D eigenvalue weighted by Crippen LogP contribution is 2.03. The van der Waals surface area contributed by atoms with Crippen LogP contribution >= 0.6 is 0 Å². The van der Waals surface area contributed by atoms with Crippen molar-refractivity contribution in [2.45, 2.75) is 26.9 Å². The molecule has 0 radical (unpaired) electrons. The Morgan fingerprint density at radius 1 is 1.47 bits per heavy atom. The van der Waals surface area contributed by atoms with Gasteiger partial charge in [-0.1, -0.05) is 19.0 Å². The van der Waals surface area contributed by atoms with E-state index < -0.39 is 0 Å². The van der Waals surface area contributed by atoms with Crippen molar-refractivity contribution in [1.82, 2.24) is 20.0 Å². The van der Waals surface area contributed by atoms with Gasteiger partial charge in [0.05, 0.1) is 24.8 Å². The van der Waals surface area contributed by atoms with Crippen LogP contribution in [0.15, 0.2) is 29.3 Å². The van der Waals surface area contributed by atoms with Gasteiger partial charge in [0, 0.05) is 18.8 Å². The van der Waals surface area contributed by atoms with Crippen molar-refractivity contribution in [2.24, 2.45) is 5.92 Å². The minimum atomic E-state index is 0.659. The molecule has 0 aliphatic heterocycles. The molecule has 1 N–H and O–H groups in total. The summed E-state index contributed by atoms with van der Waals surface area (Å²) in [5.41, 5.74) is 1.05. The molecule has 0 atom stereocenters. The summed E-state index contributed by atoms with van der Waals surface area (Å²) >= 11 is 0. The Morgan fingerprint density at radius 2 is 2.35 bits per heavy atom. The number of rotatable bonds is 6. The third-order valence-corrected chi connectivity index (χ3v) is 2.38. The minimum absolute atomic E-state index is 0.659. The molecule has 0 amide bonds. The van der Waals surface area contributed by atoms with E-state index in [4.69, 9.17) is 4.52 Å². The van der Waals surface area contributed by atoms with E-state index in [0.29, 0.717) is 12.5 Å². The van der Waals surface area contributed by atoms with Crippen LogP contribution in [0.2, 0.25) is 0 Å². The molecule has 0 spiro atoms. The fraction of sp³-hybridized carbons (Fsp3) is 0.500. The van der Waals surface area contributed by atoms with E-state index in [0.717, 1.165) is 24.5 Å². The Morgan fingerprint density at radius 3 is 3.06 bits per heavy atom. The first-order valence-electron chi connectivity index (χ1n) is 5.85. The first-order valence-corrected chi connectivity index (χ1v) is 5.85. The molecule has 2 aromatic rings. The van der Waals surface area contributed by atoms with Crippen LogP contribution in [0.3, 0.4) is 0 Å². The first-order chi connectivity index (χ1) is 8.24. The second-order valence-electron chi connectivity index (χ2n) is 4.54. The SMILES string of the molecule is CC(C)CNCc1cn(Cc2ccno2)cn1. The number of hydrogen-bond acceptors (Lipinski definition) is 4. The normalized spacial score (nSPS) is 11.2. The van der Waals surface area contributed by atoms with Crippen molar-refractivity contribution >= 4 is 0 Å². The zero-order valence-corrected chi connectivity index (χ0v) is 10.3. The lowest BCUT2D eigenvalue weighted by Gasteiger charge is -2.04. The molecule has 2 heterocycles. The molecule has 2 aromatic heterocycles. The van der Waals surface area contributed by atoms with E-state index in [2.05, 4.69) is 29.3 Å². The van der Waals surface area contributed by atoms with Crippen LogP contribution in [0.1, 0.15) is 25.3 Å². The summed E-state index contributed by atoms with van der Waals surface area (Å²) in [6, 6.07) is 1.86. The molecule has 5 heteroatoms. The summed E-state index contributed by atoms with van der Waals surface area (Å²) in [5, 5.41) is 7.03. The van der Waals surface area contributed by atoms with Crippen LogP contribution in [0.4, 0.5) is 0 Å². The second-order valence-corrected chi connectivity index (χ2v) is 4.54. The fourth-order valence-corrected chi connectivity index (χ4v) is 1.58. The van der Waals surface area contributed by atoms with Gasteiger partial charge >= 0.3 is 0 Å². The molecule has 0 aliphatic rings. The van der Waals surface area contributed by atoms with Gasteiger partial charge in [-0.15, -0.1) is 0 Å². The van der Waals surface area contributed by atoms with E-state index in [-0.39, 0.29) is 0 Å². The number of nitrogens with one attached hydrogen (secondary N) is 1. The lowest BCUT2D eigenvalue weighted by Crippen LogP contribution is -2.19. The Kier molecular flexibility index (Phi) is 3.93. The Balaban J connectivity index is 1.83. The molecule has 17 heavy (non-hydrogen) atoms. The number of nitrogens with zero attached hydrogens (tertiary/aromatic N) is 3. The smallest absolute Gasteiger partial charge is 0.156 e. The van der Waals surface area contributed by atoms with Crippen molar-refractivity contribution in [2.75, 3.05) is 6.54 Å². The number of hydrogen-bond donors (Lipinski definition) is 1. The molecule has 2 rings (SSSR count). The lowest BCUT2D eigenvalue weighted by atomic mass is 10.2. The fourth-order valence-electron chi connectivity index (χ4n) is 1.58. The highest BCUT2D eigenvalue weighted by Gasteiger charge is 2.02. The molecular weight excluding hydrogens is 216 g/mol. The van der Waals surface area contributed by atoms with E-state index in [1.807, 2.05) is 23.2 Å². The quantitative estimate of drug-likeness (QED) is 0.826. The minimum Gasteiger partial charge on any atom is -0.359 e. The summed E-state index contributed by atoms with van der Waals surface area (Å²) in [6.45, 7) is 6.87. The van der Waals surface area contributed by atoms with Gasteiger partial charge in [-0.05, 0) is 12.5 Å². The third kappa shape index (κ3) is 3.71. The van der Waals surface area contributed by atoms with Crippen molar-refractivity contribution in [3.63, 3.8) is 0 Å². The predicted octanol–water partition coefficient (Wildman–Crippen LogP) is 1.67. The van der Waals surface area contributed by atoms with Gasteiger partial charge in [0.25, 0.3) is 0 Å². The van der Waals surface area contributed by atoms with Gasteiger partial charge in [-0.3, -0.25) is 0 Å². The Hall–Kier alpha value is -1.62. The first kappa shape index (κ1) is 11.9. The molecular formula is C12H18N4O. The van der Waals surface area contributed by atoms with Gasteiger partial charge in [-0.2, -0.15) is 0 Å². The average Bonchev–Trinajstić information content (AvgIpc) is 2.90. The standard InChI is InChI=1S/C12H18N4O/c1-10(2)5-13-6-11-7-16(9-14-11)8-12-3-4-15-17-12/h3-4,7,9-10,13H,5-6,8H2,1-2H3. The maximum Gasteiger partial charge on any atom is 0.156 e. The highest BCUT2D eigenvalue weighted by atomic mass is 16.5. The van der Waals surface area contributed by atoms with E-state index in [9.17, 15) is 0 Å². The summed E-state index contributed by atoms with van der Waals surface area (Å²) in [7, 11) is 0. The summed E-state index contributed by atoms with van der Waals surface area (Å²) in [4.78, 5) is 4.33. The molecule has 0 saturated carbocycles. The third-order valence-electron chi connectivity index (χ3n) is 2.38. The van der Waals surface area contributed by atoms with E-state index in [1.54, 1.807) is 6.20 Å². The summed E-state index contributed by atoms with van der Waals surface area (Å²) < 4.78 is 7.04. The largest absolute Gasteiger partial charge is 0.359 e. The maximum absolute atomic E-state index is 5.05. The average molecular weight is 234 g/mol. The van der Waals surface area contributed by atoms with Crippen molar-refractivity contribution in [3.8, 4) is 0 Å². The molecule has 0 unspecified atom stereocenters. The van der Waals surface area contributed by atoms with Gasteiger partial charge in [0.2, 0.25) is 0 Å². The molecule has 92 valence electrons. The molecule has 0 aliphatic carbocycles. The van der Waals surface area contributed by atoms with Gasteiger partial charge in [0.15, 0.2) is 5.76 Å². The molecule has 0 saturated heterocycles. The molecule has 0 aromatic carbocycles. The zero-order chi connectivity index (χ0) is 12.1. The second kappa shape index (κ2) is 5.63. The predicted molar refractivity (Wildman–Crippen MR) is 64.4 cm³/mol. The van der Waals surface area contributed by atoms with Crippen LogP contribution in [0, 0.1) is 5.92 Å².